The average Bonchev–Trinajstić information content (AvgIpc) is 2.49. The summed E-state index contributed by atoms with van der Waals surface area (Å²) in [6.07, 6.45) is 0. The molecule has 0 aliphatic heterocycles. The average molecular weight is 285 g/mol. The molecular formula is C17H19NO3. The van der Waals surface area contributed by atoms with Gasteiger partial charge in [0.25, 0.3) is 0 Å². The van der Waals surface area contributed by atoms with Gasteiger partial charge < -0.3 is 15.2 Å². The van der Waals surface area contributed by atoms with Crippen molar-refractivity contribution in [2.75, 3.05) is 7.11 Å². The minimum absolute atomic E-state index is 0.343. The largest absolute Gasteiger partial charge is 0.478 e. The first-order chi connectivity index (χ1) is 10.2. The van der Waals surface area contributed by atoms with Gasteiger partial charge in [0.05, 0.1) is 12.2 Å². The maximum atomic E-state index is 11.1. The molecule has 0 spiro atoms. The third-order valence-electron chi connectivity index (χ3n) is 3.30. The molecule has 21 heavy (non-hydrogen) atoms. The lowest BCUT2D eigenvalue weighted by atomic mass is 10.1. The van der Waals surface area contributed by atoms with E-state index in [-0.39, 0.29) is 0 Å². The Morgan fingerprint density at radius 1 is 1.00 bits per heavy atom. The van der Waals surface area contributed by atoms with Crippen LogP contribution in [0.2, 0.25) is 0 Å². The lowest BCUT2D eigenvalue weighted by Gasteiger charge is -2.11. The quantitative estimate of drug-likeness (QED) is 0.821. The Balaban J connectivity index is 2.01. The maximum absolute atomic E-state index is 11.1. The lowest BCUT2D eigenvalue weighted by Crippen LogP contribution is -2.16. The molecule has 0 unspecified atom stereocenters. The molecule has 0 heterocycles. The highest BCUT2D eigenvalue weighted by atomic mass is 16.5. The van der Waals surface area contributed by atoms with E-state index in [0.29, 0.717) is 25.3 Å². The maximum Gasteiger partial charge on any atom is 0.336 e. The fourth-order valence-electron chi connectivity index (χ4n) is 2.24. The van der Waals surface area contributed by atoms with Crippen molar-refractivity contribution in [3.63, 3.8) is 0 Å². The molecule has 0 bridgehead atoms. The summed E-state index contributed by atoms with van der Waals surface area (Å²) < 4.78 is 5.18. The number of carboxylic acids is 1. The zero-order valence-corrected chi connectivity index (χ0v) is 12.0. The van der Waals surface area contributed by atoms with Crippen LogP contribution in [-0.4, -0.2) is 18.2 Å². The number of hydrogen-bond acceptors (Lipinski definition) is 3. The van der Waals surface area contributed by atoms with Crippen molar-refractivity contribution in [3.8, 4) is 0 Å². The Kier molecular flexibility index (Phi) is 5.49. The number of carbonyl (C=O) groups is 1. The Morgan fingerprint density at radius 3 is 2.24 bits per heavy atom. The minimum Gasteiger partial charge on any atom is -0.478 e. The molecule has 4 nitrogen and oxygen atoms in total. The molecule has 2 aromatic rings. The monoisotopic (exact) mass is 285 g/mol. The fourth-order valence-corrected chi connectivity index (χ4v) is 2.24. The van der Waals surface area contributed by atoms with E-state index in [2.05, 4.69) is 5.32 Å². The molecule has 0 atom stereocenters. The lowest BCUT2D eigenvalue weighted by molar-refractivity contribution is 0.0695. The molecule has 0 aliphatic rings. The van der Waals surface area contributed by atoms with Gasteiger partial charge in [-0.2, -0.15) is 0 Å². The molecule has 2 rings (SSSR count). The number of rotatable bonds is 7. The summed E-state index contributed by atoms with van der Waals surface area (Å²) in [5, 5.41) is 12.4. The second kappa shape index (κ2) is 7.57. The van der Waals surface area contributed by atoms with Crippen molar-refractivity contribution in [2.45, 2.75) is 19.7 Å². The number of aromatic carboxylic acids is 1. The van der Waals surface area contributed by atoms with Gasteiger partial charge in [-0.25, -0.2) is 4.79 Å². The van der Waals surface area contributed by atoms with E-state index in [1.807, 2.05) is 36.4 Å². The van der Waals surface area contributed by atoms with Crippen molar-refractivity contribution in [1.82, 2.24) is 5.32 Å². The highest BCUT2D eigenvalue weighted by molar-refractivity contribution is 5.89. The van der Waals surface area contributed by atoms with Crippen LogP contribution >= 0.6 is 0 Å². The van der Waals surface area contributed by atoms with Crippen LogP contribution < -0.4 is 5.32 Å². The smallest absolute Gasteiger partial charge is 0.336 e. The molecule has 0 aliphatic carbocycles. The first-order valence-corrected chi connectivity index (χ1v) is 6.80. The summed E-state index contributed by atoms with van der Waals surface area (Å²) in [6.45, 7) is 1.76. The Bertz CT molecular complexity index is 610. The SMILES string of the molecule is COCc1ccccc1CNCc1ccccc1C(=O)O. The van der Waals surface area contributed by atoms with Crippen molar-refractivity contribution in [2.24, 2.45) is 0 Å². The van der Waals surface area contributed by atoms with Crippen LogP contribution in [0.15, 0.2) is 48.5 Å². The first kappa shape index (κ1) is 15.2. The third-order valence-corrected chi connectivity index (χ3v) is 3.30. The number of benzene rings is 2. The summed E-state index contributed by atoms with van der Waals surface area (Å²) in [6, 6.07) is 15.1. The molecule has 0 aromatic heterocycles. The van der Waals surface area contributed by atoms with Gasteiger partial charge in [0, 0.05) is 20.2 Å². The van der Waals surface area contributed by atoms with Gasteiger partial charge in [0.15, 0.2) is 0 Å². The zero-order valence-electron chi connectivity index (χ0n) is 12.0. The number of ether oxygens (including phenoxy) is 1. The highest BCUT2D eigenvalue weighted by Gasteiger charge is 2.08. The van der Waals surface area contributed by atoms with E-state index in [9.17, 15) is 4.79 Å². The van der Waals surface area contributed by atoms with E-state index in [1.165, 1.54) is 0 Å². The van der Waals surface area contributed by atoms with E-state index < -0.39 is 5.97 Å². The molecule has 0 saturated carbocycles. The topological polar surface area (TPSA) is 58.6 Å². The van der Waals surface area contributed by atoms with Crippen molar-refractivity contribution in [1.29, 1.82) is 0 Å². The van der Waals surface area contributed by atoms with Crippen LogP contribution in [0.1, 0.15) is 27.0 Å². The molecular weight excluding hydrogens is 266 g/mol. The Labute approximate surface area is 124 Å². The molecule has 0 fully saturated rings. The summed E-state index contributed by atoms with van der Waals surface area (Å²) >= 11 is 0. The first-order valence-electron chi connectivity index (χ1n) is 6.80. The number of hydrogen-bond donors (Lipinski definition) is 2. The van der Waals surface area contributed by atoms with Crippen LogP contribution in [0.3, 0.4) is 0 Å². The molecule has 110 valence electrons. The van der Waals surface area contributed by atoms with Crippen LogP contribution in [0.25, 0.3) is 0 Å². The number of nitrogens with one attached hydrogen (secondary N) is 1. The molecule has 0 amide bonds. The fraction of sp³-hybridized carbons (Fsp3) is 0.235. The van der Waals surface area contributed by atoms with Gasteiger partial charge in [-0.05, 0) is 22.8 Å². The van der Waals surface area contributed by atoms with Gasteiger partial charge >= 0.3 is 5.97 Å². The van der Waals surface area contributed by atoms with Gasteiger partial charge in [0.1, 0.15) is 0 Å². The number of methoxy groups -OCH3 is 1. The standard InChI is InChI=1S/C17H19NO3/c1-21-12-15-8-3-2-6-13(15)10-18-11-14-7-4-5-9-16(14)17(19)20/h2-9,18H,10-12H2,1H3,(H,19,20). The zero-order chi connectivity index (χ0) is 15.1. The molecule has 2 aromatic carbocycles. The summed E-state index contributed by atoms with van der Waals surface area (Å²) in [7, 11) is 1.67. The molecule has 4 heteroatoms. The predicted octanol–water partition coefficient (Wildman–Crippen LogP) is 2.82. The predicted molar refractivity (Wildman–Crippen MR) is 81.1 cm³/mol. The summed E-state index contributed by atoms with van der Waals surface area (Å²) in [5.74, 6) is -0.896. The van der Waals surface area contributed by atoms with Crippen LogP contribution in [0, 0.1) is 0 Å². The molecule has 0 saturated heterocycles. The van der Waals surface area contributed by atoms with E-state index in [4.69, 9.17) is 9.84 Å². The van der Waals surface area contributed by atoms with E-state index in [1.54, 1.807) is 19.2 Å². The Hall–Kier alpha value is -2.17. The Morgan fingerprint density at radius 2 is 1.57 bits per heavy atom. The van der Waals surface area contributed by atoms with E-state index in [0.717, 1.165) is 16.7 Å². The van der Waals surface area contributed by atoms with Gasteiger partial charge in [-0.3, -0.25) is 0 Å². The normalized spacial score (nSPS) is 10.5. The molecule has 2 N–H and O–H groups in total. The minimum atomic E-state index is -0.896. The number of carboxylic acid groups (broad SMARTS) is 1. The van der Waals surface area contributed by atoms with Crippen LogP contribution in [-0.2, 0) is 24.4 Å². The van der Waals surface area contributed by atoms with E-state index >= 15 is 0 Å². The highest BCUT2D eigenvalue weighted by Crippen LogP contribution is 2.11. The second-order valence-electron chi connectivity index (χ2n) is 4.77. The van der Waals surface area contributed by atoms with Gasteiger partial charge in [0.2, 0.25) is 0 Å². The summed E-state index contributed by atoms with van der Waals surface area (Å²) in [5.41, 5.74) is 3.43. The second-order valence-corrected chi connectivity index (χ2v) is 4.77. The van der Waals surface area contributed by atoms with Crippen molar-refractivity contribution in [3.05, 3.63) is 70.8 Å². The van der Waals surface area contributed by atoms with Crippen molar-refractivity contribution >= 4 is 5.97 Å². The third kappa shape index (κ3) is 4.15. The van der Waals surface area contributed by atoms with Gasteiger partial charge in [-0.15, -0.1) is 0 Å². The van der Waals surface area contributed by atoms with Crippen LogP contribution in [0.5, 0.6) is 0 Å². The van der Waals surface area contributed by atoms with Crippen LogP contribution in [0.4, 0.5) is 0 Å². The summed E-state index contributed by atoms with van der Waals surface area (Å²) in [4.78, 5) is 11.1. The van der Waals surface area contributed by atoms with Crippen molar-refractivity contribution < 1.29 is 14.6 Å². The molecule has 0 radical (unpaired) electrons. The van der Waals surface area contributed by atoms with Gasteiger partial charge in [-0.1, -0.05) is 42.5 Å².